The number of nitrogens with two attached hydrogens (primary N) is 1. The van der Waals surface area contributed by atoms with Crippen molar-refractivity contribution in [3.05, 3.63) is 65.2 Å². The van der Waals surface area contributed by atoms with Crippen molar-refractivity contribution in [1.29, 1.82) is 0 Å². The molecular formula is C20H23N3. The molecule has 0 heterocycles. The van der Waals surface area contributed by atoms with Gasteiger partial charge in [0.25, 0.3) is 0 Å². The quantitative estimate of drug-likeness (QED) is 0.669. The lowest BCUT2D eigenvalue weighted by molar-refractivity contribution is 0.705. The monoisotopic (exact) mass is 305 g/mol. The summed E-state index contributed by atoms with van der Waals surface area (Å²) in [6, 6.07) is 17.2. The minimum absolute atomic E-state index is 0.214. The molecule has 1 saturated carbocycles. The Labute approximate surface area is 137 Å². The first-order valence-corrected chi connectivity index (χ1v) is 8.49. The number of hydrogen-bond acceptors (Lipinski definition) is 1. The third-order valence-electron chi connectivity index (χ3n) is 5.16. The van der Waals surface area contributed by atoms with Gasteiger partial charge >= 0.3 is 0 Å². The van der Waals surface area contributed by atoms with Crippen LogP contribution in [0.1, 0.15) is 36.0 Å². The first-order chi connectivity index (χ1) is 11.3. The normalized spacial score (nSPS) is 18.5. The third-order valence-corrected chi connectivity index (χ3v) is 5.16. The minimum Gasteiger partial charge on any atom is -0.370 e. The van der Waals surface area contributed by atoms with E-state index in [0.717, 1.165) is 12.2 Å². The zero-order valence-corrected chi connectivity index (χ0v) is 13.4. The topological polar surface area (TPSA) is 50.4 Å². The molecule has 0 saturated heterocycles. The molecule has 0 spiro atoms. The van der Waals surface area contributed by atoms with Gasteiger partial charge < -0.3 is 11.1 Å². The fourth-order valence-corrected chi connectivity index (χ4v) is 3.55. The van der Waals surface area contributed by atoms with Gasteiger partial charge in [0.05, 0.1) is 6.54 Å². The molecule has 0 aliphatic heterocycles. The van der Waals surface area contributed by atoms with Crippen molar-refractivity contribution in [2.75, 3.05) is 11.9 Å². The second-order valence-electron chi connectivity index (χ2n) is 6.81. The lowest BCUT2D eigenvalue weighted by Gasteiger charge is -2.14. The van der Waals surface area contributed by atoms with Crippen molar-refractivity contribution in [2.24, 2.45) is 10.7 Å². The standard InChI is InChI=1S/C20H23N3/c21-19(23-18-10-9-15-5-4-6-16(15)13-18)22-14-20(11-12-20)17-7-2-1-3-8-17/h1-3,7-10,13H,4-6,11-12,14H2,(H3,21,22,23). The maximum atomic E-state index is 6.10. The van der Waals surface area contributed by atoms with Crippen LogP contribution >= 0.6 is 0 Å². The zero-order chi connectivity index (χ0) is 15.7. The van der Waals surface area contributed by atoms with Gasteiger partial charge in [0.2, 0.25) is 0 Å². The van der Waals surface area contributed by atoms with Gasteiger partial charge in [-0.05, 0) is 60.9 Å². The highest BCUT2D eigenvalue weighted by Gasteiger charge is 2.43. The van der Waals surface area contributed by atoms with E-state index in [1.807, 2.05) is 0 Å². The summed E-state index contributed by atoms with van der Waals surface area (Å²) in [5.74, 6) is 0.519. The van der Waals surface area contributed by atoms with E-state index in [0.29, 0.717) is 5.96 Å². The highest BCUT2D eigenvalue weighted by atomic mass is 15.1. The number of rotatable bonds is 4. The Morgan fingerprint density at radius 1 is 1.04 bits per heavy atom. The zero-order valence-electron chi connectivity index (χ0n) is 13.4. The minimum atomic E-state index is 0.214. The molecule has 3 N–H and O–H groups in total. The lowest BCUT2D eigenvalue weighted by atomic mass is 9.96. The first-order valence-electron chi connectivity index (χ1n) is 8.49. The molecule has 118 valence electrons. The Kier molecular flexibility index (Phi) is 3.56. The number of guanidine groups is 1. The van der Waals surface area contributed by atoms with Crippen LogP contribution < -0.4 is 11.1 Å². The molecule has 0 unspecified atom stereocenters. The van der Waals surface area contributed by atoms with Crippen LogP contribution in [0.15, 0.2) is 53.5 Å². The number of anilines is 1. The average Bonchev–Trinajstić information content (AvgIpc) is 3.24. The number of fused-ring (bicyclic) bond motifs is 1. The summed E-state index contributed by atoms with van der Waals surface area (Å²) < 4.78 is 0. The summed E-state index contributed by atoms with van der Waals surface area (Å²) >= 11 is 0. The smallest absolute Gasteiger partial charge is 0.193 e. The Balaban J connectivity index is 1.43. The SMILES string of the molecule is NC(=NCC1(c2ccccc2)CC1)Nc1ccc2c(c1)CCC2. The van der Waals surface area contributed by atoms with Gasteiger partial charge in [0, 0.05) is 11.1 Å². The van der Waals surface area contributed by atoms with E-state index in [2.05, 4.69) is 58.8 Å². The van der Waals surface area contributed by atoms with Crippen molar-refractivity contribution < 1.29 is 0 Å². The van der Waals surface area contributed by atoms with E-state index in [1.165, 1.54) is 48.8 Å². The molecule has 2 aromatic rings. The largest absolute Gasteiger partial charge is 0.370 e. The van der Waals surface area contributed by atoms with Crippen LogP contribution in [-0.4, -0.2) is 12.5 Å². The van der Waals surface area contributed by atoms with Crippen LogP contribution in [0.25, 0.3) is 0 Å². The number of hydrogen-bond donors (Lipinski definition) is 2. The van der Waals surface area contributed by atoms with Gasteiger partial charge in [-0.3, -0.25) is 4.99 Å². The number of aliphatic imine (C=N–C) groups is 1. The van der Waals surface area contributed by atoms with E-state index < -0.39 is 0 Å². The number of nitrogens with one attached hydrogen (secondary N) is 1. The predicted octanol–water partition coefficient (Wildman–Crippen LogP) is 3.63. The molecule has 0 aromatic heterocycles. The Bertz CT molecular complexity index is 730. The molecule has 23 heavy (non-hydrogen) atoms. The molecule has 2 aliphatic rings. The summed E-state index contributed by atoms with van der Waals surface area (Å²) in [7, 11) is 0. The molecule has 4 rings (SSSR count). The van der Waals surface area contributed by atoms with E-state index in [1.54, 1.807) is 0 Å². The summed E-state index contributed by atoms with van der Waals surface area (Å²) in [6.45, 7) is 0.765. The van der Waals surface area contributed by atoms with Crippen LogP contribution in [-0.2, 0) is 18.3 Å². The van der Waals surface area contributed by atoms with Gasteiger partial charge in [-0.2, -0.15) is 0 Å². The van der Waals surface area contributed by atoms with Crippen LogP contribution in [0.4, 0.5) is 5.69 Å². The van der Waals surface area contributed by atoms with Crippen LogP contribution in [0.2, 0.25) is 0 Å². The summed E-state index contributed by atoms with van der Waals surface area (Å²) in [5.41, 5.74) is 11.7. The van der Waals surface area contributed by atoms with E-state index in [4.69, 9.17) is 5.73 Å². The van der Waals surface area contributed by atoms with Gasteiger partial charge in [-0.1, -0.05) is 36.4 Å². The molecule has 3 nitrogen and oxygen atoms in total. The van der Waals surface area contributed by atoms with Crippen LogP contribution in [0.3, 0.4) is 0 Å². The van der Waals surface area contributed by atoms with Gasteiger partial charge in [-0.15, -0.1) is 0 Å². The molecule has 1 fully saturated rings. The van der Waals surface area contributed by atoms with E-state index >= 15 is 0 Å². The van der Waals surface area contributed by atoms with E-state index in [9.17, 15) is 0 Å². The van der Waals surface area contributed by atoms with Crippen molar-refractivity contribution in [3.63, 3.8) is 0 Å². The Morgan fingerprint density at radius 3 is 2.61 bits per heavy atom. The van der Waals surface area contributed by atoms with E-state index in [-0.39, 0.29) is 5.41 Å². The maximum Gasteiger partial charge on any atom is 0.193 e. The number of aryl methyl sites for hydroxylation is 2. The van der Waals surface area contributed by atoms with Crippen molar-refractivity contribution in [2.45, 2.75) is 37.5 Å². The van der Waals surface area contributed by atoms with Crippen molar-refractivity contribution in [3.8, 4) is 0 Å². The number of nitrogens with zero attached hydrogens (tertiary/aromatic N) is 1. The van der Waals surface area contributed by atoms with Crippen molar-refractivity contribution in [1.82, 2.24) is 0 Å². The third kappa shape index (κ3) is 2.96. The fourth-order valence-electron chi connectivity index (χ4n) is 3.55. The molecule has 2 aliphatic carbocycles. The first kappa shape index (κ1) is 14.3. The van der Waals surface area contributed by atoms with Gasteiger partial charge in [-0.25, -0.2) is 0 Å². The van der Waals surface area contributed by atoms with Gasteiger partial charge in [0.15, 0.2) is 5.96 Å². The highest BCUT2D eigenvalue weighted by molar-refractivity contribution is 5.92. The highest BCUT2D eigenvalue weighted by Crippen LogP contribution is 2.48. The maximum absolute atomic E-state index is 6.10. The molecule has 0 amide bonds. The number of benzene rings is 2. The lowest BCUT2D eigenvalue weighted by Crippen LogP contribution is -2.25. The summed E-state index contributed by atoms with van der Waals surface area (Å²) in [4.78, 5) is 4.61. The second kappa shape index (κ2) is 5.73. The second-order valence-corrected chi connectivity index (χ2v) is 6.81. The van der Waals surface area contributed by atoms with Crippen molar-refractivity contribution >= 4 is 11.6 Å². The fraction of sp³-hybridized carbons (Fsp3) is 0.350. The molecule has 0 atom stereocenters. The average molecular weight is 305 g/mol. The van der Waals surface area contributed by atoms with Crippen LogP contribution in [0, 0.1) is 0 Å². The molecule has 3 heteroatoms. The van der Waals surface area contributed by atoms with Crippen LogP contribution in [0.5, 0.6) is 0 Å². The Hall–Kier alpha value is -2.29. The molecule has 0 radical (unpaired) electrons. The molecular weight excluding hydrogens is 282 g/mol. The molecule has 0 bridgehead atoms. The summed E-state index contributed by atoms with van der Waals surface area (Å²) in [5, 5.41) is 3.25. The molecule has 2 aromatic carbocycles. The summed E-state index contributed by atoms with van der Waals surface area (Å²) in [6.07, 6.45) is 6.05. The predicted molar refractivity (Wildman–Crippen MR) is 95.9 cm³/mol. The van der Waals surface area contributed by atoms with Gasteiger partial charge in [0.1, 0.15) is 0 Å². The Morgan fingerprint density at radius 2 is 1.83 bits per heavy atom.